The number of sulfone groups is 1. The van der Waals surface area contributed by atoms with Crippen molar-refractivity contribution in [2.24, 2.45) is 7.05 Å². The highest BCUT2D eigenvalue weighted by atomic mass is 32.2. The first-order chi connectivity index (χ1) is 16.7. The van der Waals surface area contributed by atoms with E-state index >= 15 is 0 Å². The lowest BCUT2D eigenvalue weighted by Crippen LogP contribution is -2.40. The molecule has 9 nitrogen and oxygen atoms in total. The molecule has 0 saturated heterocycles. The maximum absolute atomic E-state index is 13.0. The van der Waals surface area contributed by atoms with Crippen molar-refractivity contribution in [1.82, 2.24) is 14.5 Å². The highest BCUT2D eigenvalue weighted by Gasteiger charge is 2.20. The third-order valence-electron chi connectivity index (χ3n) is 5.53. The van der Waals surface area contributed by atoms with E-state index in [4.69, 9.17) is 4.74 Å². The van der Waals surface area contributed by atoms with Crippen LogP contribution in [-0.4, -0.2) is 36.3 Å². The van der Waals surface area contributed by atoms with E-state index in [1.54, 1.807) is 37.4 Å². The van der Waals surface area contributed by atoms with E-state index in [1.807, 2.05) is 12.1 Å². The number of fused-ring (bicyclic) bond motifs is 1. The zero-order valence-electron chi connectivity index (χ0n) is 19.1. The molecule has 4 aromatic rings. The fourth-order valence-electron chi connectivity index (χ4n) is 3.56. The molecule has 1 N–H and O–H groups in total. The minimum absolute atomic E-state index is 0.123. The van der Waals surface area contributed by atoms with Crippen LogP contribution >= 0.6 is 11.3 Å². The third kappa shape index (κ3) is 5.05. The predicted octanol–water partition coefficient (Wildman–Crippen LogP) is 2.17. The van der Waals surface area contributed by atoms with Crippen LogP contribution in [0.3, 0.4) is 0 Å². The van der Waals surface area contributed by atoms with Gasteiger partial charge in [-0.2, -0.15) is 0 Å². The van der Waals surface area contributed by atoms with Crippen molar-refractivity contribution in [2.45, 2.75) is 18.0 Å². The van der Waals surface area contributed by atoms with Crippen LogP contribution in [0.25, 0.3) is 10.2 Å². The Hall–Kier alpha value is -3.70. The molecule has 0 saturated carbocycles. The Morgan fingerprint density at radius 3 is 2.40 bits per heavy atom. The Labute approximate surface area is 205 Å². The summed E-state index contributed by atoms with van der Waals surface area (Å²) in [5, 5.41) is 2.98. The molecule has 0 atom stereocenters. The molecule has 0 fully saturated rings. The summed E-state index contributed by atoms with van der Waals surface area (Å²) in [5.41, 5.74) is -0.399. The Balaban J connectivity index is 1.57. The van der Waals surface area contributed by atoms with Gasteiger partial charge in [-0.15, -0.1) is 11.3 Å². The van der Waals surface area contributed by atoms with Crippen molar-refractivity contribution < 1.29 is 17.9 Å². The molecular formula is C24H23N3O6S2. The van der Waals surface area contributed by atoms with Gasteiger partial charge in [0.25, 0.3) is 11.5 Å². The summed E-state index contributed by atoms with van der Waals surface area (Å²) in [6.45, 7) is -0.0227. The average molecular weight is 514 g/mol. The number of hydrogen-bond acceptors (Lipinski definition) is 7. The minimum Gasteiger partial charge on any atom is -0.497 e. The van der Waals surface area contributed by atoms with Crippen LogP contribution in [0.2, 0.25) is 0 Å². The van der Waals surface area contributed by atoms with Crippen molar-refractivity contribution in [3.05, 3.63) is 91.9 Å². The van der Waals surface area contributed by atoms with Crippen LogP contribution in [0.15, 0.2) is 75.1 Å². The number of carbonyl (C=O) groups is 1. The molecular weight excluding hydrogens is 490 g/mol. The molecule has 2 aromatic heterocycles. The minimum atomic E-state index is -3.68. The van der Waals surface area contributed by atoms with Crippen molar-refractivity contribution >= 4 is 37.3 Å². The number of rotatable bonds is 8. The molecule has 0 radical (unpaired) electrons. The number of methoxy groups -OCH3 is 1. The van der Waals surface area contributed by atoms with Gasteiger partial charge in [0.2, 0.25) is 0 Å². The topological polar surface area (TPSA) is 116 Å². The fourth-order valence-corrected chi connectivity index (χ4v) is 5.81. The number of aromatic nitrogens is 2. The molecule has 11 heteroatoms. The molecule has 35 heavy (non-hydrogen) atoms. The molecule has 0 aliphatic rings. The maximum atomic E-state index is 13.0. The van der Waals surface area contributed by atoms with Crippen LogP contribution in [0, 0.1) is 0 Å². The maximum Gasteiger partial charge on any atom is 0.331 e. The Morgan fingerprint density at radius 1 is 1.06 bits per heavy atom. The lowest BCUT2D eigenvalue weighted by Gasteiger charge is -2.09. The number of nitrogens with one attached hydrogen (secondary N) is 1. The lowest BCUT2D eigenvalue weighted by molar-refractivity contribution is 0.0955. The smallest absolute Gasteiger partial charge is 0.331 e. The van der Waals surface area contributed by atoms with Crippen molar-refractivity contribution in [3.8, 4) is 5.75 Å². The molecule has 182 valence electrons. The zero-order valence-corrected chi connectivity index (χ0v) is 20.7. The molecule has 2 aromatic carbocycles. The number of benzene rings is 2. The Bertz CT molecular complexity index is 1600. The first-order valence-electron chi connectivity index (χ1n) is 10.6. The fraction of sp³-hybridized carbons (Fsp3) is 0.208. The largest absolute Gasteiger partial charge is 0.497 e. The summed E-state index contributed by atoms with van der Waals surface area (Å²) in [6, 6.07) is 16.5. The zero-order chi connectivity index (χ0) is 25.2. The Kier molecular flexibility index (Phi) is 6.90. The molecule has 0 bridgehead atoms. The molecule has 0 unspecified atom stereocenters. The number of hydrogen-bond donors (Lipinski definition) is 1. The highest BCUT2D eigenvalue weighted by Crippen LogP contribution is 2.22. The van der Waals surface area contributed by atoms with E-state index < -0.39 is 26.8 Å². The highest BCUT2D eigenvalue weighted by molar-refractivity contribution is 7.91. The summed E-state index contributed by atoms with van der Waals surface area (Å²) in [7, 11) is -0.623. The van der Waals surface area contributed by atoms with Gasteiger partial charge in [-0.1, -0.05) is 30.3 Å². The monoisotopic (exact) mass is 513 g/mol. The molecule has 4 rings (SSSR count). The van der Waals surface area contributed by atoms with Gasteiger partial charge in [0.1, 0.15) is 10.6 Å². The number of carbonyl (C=O) groups excluding carboxylic acids is 1. The molecule has 2 heterocycles. The summed E-state index contributed by atoms with van der Waals surface area (Å²) in [5.74, 6) is -0.0813. The van der Waals surface area contributed by atoms with E-state index in [9.17, 15) is 22.8 Å². The summed E-state index contributed by atoms with van der Waals surface area (Å²) >= 11 is 1.03. The molecule has 0 aliphatic carbocycles. The van der Waals surface area contributed by atoms with Gasteiger partial charge in [0, 0.05) is 20.1 Å². The normalized spacial score (nSPS) is 11.5. The number of aryl methyl sites for hydroxylation is 1. The van der Waals surface area contributed by atoms with Gasteiger partial charge >= 0.3 is 5.69 Å². The van der Waals surface area contributed by atoms with Gasteiger partial charge in [0.15, 0.2) is 9.84 Å². The van der Waals surface area contributed by atoms with Crippen LogP contribution in [0.4, 0.5) is 0 Å². The van der Waals surface area contributed by atoms with Gasteiger partial charge in [-0.05, 0) is 35.9 Å². The van der Waals surface area contributed by atoms with Crippen LogP contribution in [0.5, 0.6) is 5.75 Å². The van der Waals surface area contributed by atoms with Crippen LogP contribution < -0.4 is 21.3 Å². The SMILES string of the molecule is COc1ccc(CNC(=O)c2cc3c(=O)n(CCS(=O)(=O)c4ccccc4)c(=O)n(C)c3s2)cc1. The van der Waals surface area contributed by atoms with E-state index in [2.05, 4.69) is 5.32 Å². The van der Waals surface area contributed by atoms with Gasteiger partial charge in [-0.3, -0.25) is 18.7 Å². The summed E-state index contributed by atoms with van der Waals surface area (Å²) in [6.07, 6.45) is 0. The second kappa shape index (κ2) is 9.88. The standard InChI is InChI=1S/C24H23N3O6S2/c1-26-23-19(14-20(34-23)21(28)25-15-16-8-10-17(33-2)11-9-16)22(29)27(24(26)30)12-13-35(31,32)18-6-4-3-5-7-18/h3-11,14H,12-13,15H2,1-2H3,(H,25,28). The van der Waals surface area contributed by atoms with Crippen molar-refractivity contribution in [2.75, 3.05) is 12.9 Å². The molecule has 0 aliphatic heterocycles. The van der Waals surface area contributed by atoms with Gasteiger partial charge < -0.3 is 10.1 Å². The van der Waals surface area contributed by atoms with Crippen LogP contribution in [0.1, 0.15) is 15.2 Å². The Morgan fingerprint density at radius 2 is 1.74 bits per heavy atom. The lowest BCUT2D eigenvalue weighted by atomic mass is 10.2. The second-order valence-electron chi connectivity index (χ2n) is 7.79. The molecule has 1 amide bonds. The number of amides is 1. The van der Waals surface area contributed by atoms with E-state index in [-0.39, 0.29) is 34.2 Å². The third-order valence-corrected chi connectivity index (χ3v) is 8.45. The first-order valence-corrected chi connectivity index (χ1v) is 13.1. The summed E-state index contributed by atoms with van der Waals surface area (Å²) < 4.78 is 32.5. The van der Waals surface area contributed by atoms with Crippen molar-refractivity contribution in [3.63, 3.8) is 0 Å². The number of nitrogens with zero attached hydrogens (tertiary/aromatic N) is 2. The van der Waals surface area contributed by atoms with Crippen molar-refractivity contribution in [1.29, 1.82) is 0 Å². The second-order valence-corrected chi connectivity index (χ2v) is 10.9. The quantitative estimate of drug-likeness (QED) is 0.386. The van der Waals surface area contributed by atoms with Gasteiger partial charge in [-0.25, -0.2) is 13.2 Å². The van der Waals surface area contributed by atoms with E-state index in [1.165, 1.54) is 29.8 Å². The van der Waals surface area contributed by atoms with E-state index in [0.29, 0.717) is 10.6 Å². The summed E-state index contributed by atoms with van der Waals surface area (Å²) in [4.78, 5) is 39.3. The number of thiophene rings is 1. The average Bonchev–Trinajstić information content (AvgIpc) is 3.33. The van der Waals surface area contributed by atoms with E-state index in [0.717, 1.165) is 21.5 Å². The predicted molar refractivity (Wildman–Crippen MR) is 134 cm³/mol. The molecule has 0 spiro atoms. The first kappa shape index (κ1) is 24.4. The van der Waals surface area contributed by atoms with Gasteiger partial charge in [0.05, 0.1) is 28.0 Å². The number of ether oxygens (including phenoxy) is 1. The van der Waals surface area contributed by atoms with Crippen LogP contribution in [-0.2, 0) is 30.0 Å².